The second-order valence-corrected chi connectivity index (χ2v) is 7.15. The van der Waals surface area contributed by atoms with Crippen LogP contribution in [0.2, 0.25) is 0 Å². The molecule has 2 rings (SSSR count). The van der Waals surface area contributed by atoms with Gasteiger partial charge in [-0.2, -0.15) is 17.4 Å². The summed E-state index contributed by atoms with van der Waals surface area (Å²) in [6, 6.07) is 7.15. The van der Waals surface area contributed by atoms with E-state index in [4.69, 9.17) is 10.5 Å². The highest BCUT2D eigenvalue weighted by molar-refractivity contribution is 7.87. The Morgan fingerprint density at radius 3 is 2.90 bits per heavy atom. The van der Waals surface area contributed by atoms with Crippen molar-refractivity contribution in [3.63, 3.8) is 0 Å². The van der Waals surface area contributed by atoms with Gasteiger partial charge in [0.05, 0.1) is 5.69 Å². The number of ether oxygens (including phenoxy) is 1. The molecular weight excluding hydrogens is 290 g/mol. The minimum Gasteiger partial charge on any atom is -0.490 e. The van der Waals surface area contributed by atoms with Gasteiger partial charge in [-0.25, -0.2) is 0 Å². The van der Waals surface area contributed by atoms with Crippen LogP contribution in [0.5, 0.6) is 5.75 Å². The van der Waals surface area contributed by atoms with Gasteiger partial charge >= 0.3 is 0 Å². The summed E-state index contributed by atoms with van der Waals surface area (Å²) in [5.41, 5.74) is 6.30. The molecule has 0 bridgehead atoms. The molecule has 1 unspecified atom stereocenters. The van der Waals surface area contributed by atoms with Crippen molar-refractivity contribution in [2.45, 2.75) is 19.8 Å². The average molecular weight is 313 g/mol. The largest absolute Gasteiger partial charge is 0.490 e. The summed E-state index contributed by atoms with van der Waals surface area (Å²) in [6.07, 6.45) is 2.00. The van der Waals surface area contributed by atoms with Gasteiger partial charge in [0.15, 0.2) is 0 Å². The first-order chi connectivity index (χ1) is 9.99. The van der Waals surface area contributed by atoms with E-state index in [9.17, 15) is 8.42 Å². The molecule has 1 heterocycles. The number of piperidine rings is 1. The molecule has 0 saturated carbocycles. The van der Waals surface area contributed by atoms with Crippen LogP contribution in [-0.4, -0.2) is 39.0 Å². The molecule has 6 nitrogen and oxygen atoms in total. The first kappa shape index (κ1) is 16.1. The maximum atomic E-state index is 12.1. The number of benzene rings is 1. The highest BCUT2D eigenvalue weighted by atomic mass is 32.2. The van der Waals surface area contributed by atoms with Gasteiger partial charge in [-0.15, -0.1) is 0 Å². The van der Waals surface area contributed by atoms with E-state index in [0.29, 0.717) is 30.4 Å². The normalized spacial score (nSPS) is 20.3. The summed E-state index contributed by atoms with van der Waals surface area (Å²) < 4.78 is 33.8. The predicted molar refractivity (Wildman–Crippen MR) is 83.2 cm³/mol. The number of para-hydroxylation sites is 2. The monoisotopic (exact) mass is 313 g/mol. The lowest BCUT2D eigenvalue weighted by atomic mass is 10.0. The van der Waals surface area contributed by atoms with Crippen LogP contribution in [0.15, 0.2) is 24.3 Å². The number of rotatable bonds is 6. The number of nitrogen functional groups attached to an aromatic ring is 1. The van der Waals surface area contributed by atoms with Gasteiger partial charge in [0.25, 0.3) is 10.2 Å². The van der Waals surface area contributed by atoms with Gasteiger partial charge in [0, 0.05) is 19.6 Å². The third-order valence-electron chi connectivity index (χ3n) is 3.52. The van der Waals surface area contributed by atoms with Gasteiger partial charge in [-0.05, 0) is 30.9 Å². The molecule has 0 aliphatic carbocycles. The first-order valence-electron chi connectivity index (χ1n) is 7.21. The van der Waals surface area contributed by atoms with E-state index in [2.05, 4.69) is 11.6 Å². The Bertz CT molecular complexity index is 562. The Kier molecular flexibility index (Phi) is 5.44. The Morgan fingerprint density at radius 2 is 2.19 bits per heavy atom. The molecule has 0 amide bonds. The molecule has 1 aliphatic rings. The summed E-state index contributed by atoms with van der Waals surface area (Å²) in [5.74, 6) is 0.985. The van der Waals surface area contributed by atoms with Gasteiger partial charge < -0.3 is 10.5 Å². The van der Waals surface area contributed by atoms with Crippen molar-refractivity contribution in [1.29, 1.82) is 0 Å². The minimum absolute atomic E-state index is 0.224. The topological polar surface area (TPSA) is 84.7 Å². The molecule has 0 spiro atoms. The third kappa shape index (κ3) is 4.59. The van der Waals surface area contributed by atoms with Crippen molar-refractivity contribution in [2.24, 2.45) is 5.92 Å². The summed E-state index contributed by atoms with van der Waals surface area (Å²) in [4.78, 5) is 0. The molecule has 0 aromatic heterocycles. The lowest BCUT2D eigenvalue weighted by Crippen LogP contribution is -2.46. The molecular formula is C14H23N3O3S. The fraction of sp³-hybridized carbons (Fsp3) is 0.571. The van der Waals surface area contributed by atoms with Crippen LogP contribution >= 0.6 is 0 Å². The zero-order valence-electron chi connectivity index (χ0n) is 12.3. The fourth-order valence-electron chi connectivity index (χ4n) is 2.40. The number of nitrogens with one attached hydrogen (secondary N) is 1. The van der Waals surface area contributed by atoms with E-state index in [1.165, 1.54) is 4.31 Å². The molecule has 1 atom stereocenters. The average Bonchev–Trinajstić information content (AvgIpc) is 2.45. The first-order valence-corrected chi connectivity index (χ1v) is 8.65. The SMILES string of the molecule is CC1CCCN(S(=O)(=O)NCCOc2ccccc2N)C1. The standard InChI is InChI=1S/C14H23N3O3S/c1-12-5-4-9-17(11-12)21(18,19)16-8-10-20-14-7-3-2-6-13(14)15/h2-3,6-7,12,16H,4-5,8-11,15H2,1H3. The van der Waals surface area contributed by atoms with Crippen molar-refractivity contribution in [3.8, 4) is 5.75 Å². The highest BCUT2D eigenvalue weighted by Gasteiger charge is 2.26. The summed E-state index contributed by atoms with van der Waals surface area (Å²) >= 11 is 0. The van der Waals surface area contributed by atoms with Crippen molar-refractivity contribution < 1.29 is 13.2 Å². The molecule has 1 aromatic rings. The highest BCUT2D eigenvalue weighted by Crippen LogP contribution is 2.19. The summed E-state index contributed by atoms with van der Waals surface area (Å²) in [5, 5.41) is 0. The van der Waals surface area contributed by atoms with E-state index in [1.807, 2.05) is 12.1 Å². The number of hydrogen-bond donors (Lipinski definition) is 2. The Hall–Kier alpha value is -1.31. The van der Waals surface area contributed by atoms with E-state index in [-0.39, 0.29) is 13.2 Å². The minimum atomic E-state index is -3.41. The fourth-order valence-corrected chi connectivity index (χ4v) is 3.74. The van der Waals surface area contributed by atoms with Crippen LogP contribution in [0, 0.1) is 5.92 Å². The van der Waals surface area contributed by atoms with E-state index in [0.717, 1.165) is 12.8 Å². The molecule has 7 heteroatoms. The van der Waals surface area contributed by atoms with E-state index >= 15 is 0 Å². The summed E-state index contributed by atoms with van der Waals surface area (Å²) in [6.45, 7) is 3.72. The quantitative estimate of drug-likeness (QED) is 0.611. The number of nitrogens with zero attached hydrogens (tertiary/aromatic N) is 1. The van der Waals surface area contributed by atoms with Crippen LogP contribution in [0.3, 0.4) is 0 Å². The van der Waals surface area contributed by atoms with E-state index < -0.39 is 10.2 Å². The second-order valence-electron chi connectivity index (χ2n) is 5.39. The molecule has 118 valence electrons. The molecule has 1 aromatic carbocycles. The zero-order valence-corrected chi connectivity index (χ0v) is 13.1. The zero-order chi connectivity index (χ0) is 15.3. The number of hydrogen-bond acceptors (Lipinski definition) is 4. The number of anilines is 1. The van der Waals surface area contributed by atoms with E-state index in [1.54, 1.807) is 12.1 Å². The maximum Gasteiger partial charge on any atom is 0.279 e. The van der Waals surface area contributed by atoms with Gasteiger partial charge in [0.1, 0.15) is 12.4 Å². The Balaban J connectivity index is 1.78. The Labute approximate surface area is 126 Å². The molecule has 21 heavy (non-hydrogen) atoms. The third-order valence-corrected chi connectivity index (χ3v) is 5.10. The van der Waals surface area contributed by atoms with Crippen LogP contribution in [-0.2, 0) is 10.2 Å². The Morgan fingerprint density at radius 1 is 1.43 bits per heavy atom. The van der Waals surface area contributed by atoms with Gasteiger partial charge in [0.2, 0.25) is 0 Å². The van der Waals surface area contributed by atoms with Gasteiger partial charge in [-0.1, -0.05) is 19.1 Å². The van der Waals surface area contributed by atoms with Crippen LogP contribution in [0.25, 0.3) is 0 Å². The summed E-state index contributed by atoms with van der Waals surface area (Å²) in [7, 11) is -3.41. The van der Waals surface area contributed by atoms with Crippen LogP contribution in [0.4, 0.5) is 5.69 Å². The van der Waals surface area contributed by atoms with Crippen LogP contribution < -0.4 is 15.2 Å². The molecule has 3 N–H and O–H groups in total. The number of nitrogens with two attached hydrogens (primary N) is 1. The predicted octanol–water partition coefficient (Wildman–Crippen LogP) is 1.21. The van der Waals surface area contributed by atoms with Crippen molar-refractivity contribution in [1.82, 2.24) is 9.03 Å². The molecule has 1 fully saturated rings. The van der Waals surface area contributed by atoms with Crippen LogP contribution in [0.1, 0.15) is 19.8 Å². The van der Waals surface area contributed by atoms with Crippen molar-refractivity contribution in [2.75, 3.05) is 32.0 Å². The van der Waals surface area contributed by atoms with Gasteiger partial charge in [-0.3, -0.25) is 0 Å². The van der Waals surface area contributed by atoms with Crippen molar-refractivity contribution in [3.05, 3.63) is 24.3 Å². The lowest BCUT2D eigenvalue weighted by molar-refractivity contribution is 0.275. The smallest absolute Gasteiger partial charge is 0.279 e. The molecule has 1 aliphatic heterocycles. The maximum absolute atomic E-state index is 12.1. The lowest BCUT2D eigenvalue weighted by Gasteiger charge is -2.29. The second kappa shape index (κ2) is 7.11. The van der Waals surface area contributed by atoms with Crippen molar-refractivity contribution >= 4 is 15.9 Å². The molecule has 0 radical (unpaired) electrons. The molecule has 1 saturated heterocycles.